The maximum Gasteiger partial charge on any atom is 0.254 e. The van der Waals surface area contributed by atoms with Gasteiger partial charge in [-0.25, -0.2) is 10.0 Å². The van der Waals surface area contributed by atoms with Crippen LogP contribution in [0.25, 0.3) is 0 Å². The molecule has 1 fully saturated rings. The van der Waals surface area contributed by atoms with Crippen molar-refractivity contribution in [2.24, 2.45) is 5.92 Å². The van der Waals surface area contributed by atoms with Crippen LogP contribution in [0.3, 0.4) is 0 Å². The van der Waals surface area contributed by atoms with Crippen molar-refractivity contribution in [2.45, 2.75) is 26.2 Å². The fourth-order valence-electron chi connectivity index (χ4n) is 2.08. The van der Waals surface area contributed by atoms with Crippen molar-refractivity contribution in [3.63, 3.8) is 0 Å². The summed E-state index contributed by atoms with van der Waals surface area (Å²) in [4.78, 5) is 23.8. The van der Waals surface area contributed by atoms with Crippen LogP contribution in [0.15, 0.2) is 12.2 Å². The Hall–Kier alpha value is -1.32. The van der Waals surface area contributed by atoms with Crippen molar-refractivity contribution in [2.75, 3.05) is 13.1 Å². The lowest BCUT2D eigenvalue weighted by atomic mass is 10.0. The Kier molecular flexibility index (Phi) is 2.75. The molecule has 4 heteroatoms. The summed E-state index contributed by atoms with van der Waals surface area (Å²) in [5, 5.41) is 3.14. The summed E-state index contributed by atoms with van der Waals surface area (Å²) < 4.78 is 0. The predicted octanol–water partition coefficient (Wildman–Crippen LogP) is 0.948. The Labute approximate surface area is 89.5 Å². The number of carbonyl (C=O) groups excluding carboxylic acids is 2. The molecule has 0 aliphatic carbocycles. The van der Waals surface area contributed by atoms with Crippen molar-refractivity contribution >= 4 is 11.8 Å². The molecule has 0 N–H and O–H groups in total. The number of hydrogen-bond donors (Lipinski definition) is 0. The number of hydrazine groups is 1. The van der Waals surface area contributed by atoms with Crippen LogP contribution >= 0.6 is 0 Å². The summed E-state index contributed by atoms with van der Waals surface area (Å²) in [6.45, 7) is 3.17. The van der Waals surface area contributed by atoms with E-state index in [1.54, 1.807) is 10.0 Å². The van der Waals surface area contributed by atoms with Crippen molar-refractivity contribution in [1.82, 2.24) is 10.0 Å². The highest BCUT2D eigenvalue weighted by atomic mass is 16.2. The molecule has 0 spiro atoms. The van der Waals surface area contributed by atoms with Crippen LogP contribution in [0.1, 0.15) is 26.2 Å². The van der Waals surface area contributed by atoms with Crippen LogP contribution in [0.4, 0.5) is 0 Å². The molecule has 2 amide bonds. The van der Waals surface area contributed by atoms with Gasteiger partial charge in [0.25, 0.3) is 11.8 Å². The van der Waals surface area contributed by atoms with E-state index < -0.39 is 5.92 Å². The quantitative estimate of drug-likeness (QED) is 0.512. The summed E-state index contributed by atoms with van der Waals surface area (Å²) in [5.74, 6) is -0.444. The van der Waals surface area contributed by atoms with Gasteiger partial charge < -0.3 is 0 Å². The Morgan fingerprint density at radius 2 is 1.73 bits per heavy atom. The summed E-state index contributed by atoms with van der Waals surface area (Å²) in [6.07, 6.45) is 6.53. The lowest BCUT2D eigenvalue weighted by molar-refractivity contribution is -0.145. The third-order valence-corrected chi connectivity index (χ3v) is 2.97. The first kappa shape index (κ1) is 10.2. The first-order valence-electron chi connectivity index (χ1n) is 5.53. The number of amides is 2. The third kappa shape index (κ3) is 1.64. The van der Waals surface area contributed by atoms with E-state index in [4.69, 9.17) is 0 Å². The van der Waals surface area contributed by atoms with Gasteiger partial charge in [-0.2, -0.15) is 0 Å². The molecule has 0 aromatic rings. The molecule has 0 radical (unpaired) electrons. The molecule has 0 saturated carbocycles. The molecule has 0 unspecified atom stereocenters. The number of hydrogen-bond acceptors (Lipinski definition) is 2. The second-order valence-corrected chi connectivity index (χ2v) is 4.01. The summed E-state index contributed by atoms with van der Waals surface area (Å²) in [6, 6.07) is 0. The highest BCUT2D eigenvalue weighted by molar-refractivity contribution is 6.05. The van der Waals surface area contributed by atoms with Gasteiger partial charge >= 0.3 is 0 Å². The van der Waals surface area contributed by atoms with E-state index in [9.17, 15) is 9.59 Å². The molecule has 4 nitrogen and oxygen atoms in total. The van der Waals surface area contributed by atoms with Gasteiger partial charge in [-0.3, -0.25) is 9.59 Å². The smallest absolute Gasteiger partial charge is 0.254 e. The Balaban J connectivity index is 2.10. The van der Waals surface area contributed by atoms with Crippen LogP contribution in [0.2, 0.25) is 0 Å². The Bertz CT molecular complexity index is 286. The van der Waals surface area contributed by atoms with Crippen LogP contribution in [0, 0.1) is 5.92 Å². The number of rotatable bonds is 3. The second-order valence-electron chi connectivity index (χ2n) is 4.01. The molecule has 82 valence electrons. The molecule has 0 bridgehead atoms. The topological polar surface area (TPSA) is 40.6 Å². The molecule has 2 heterocycles. The molecule has 2 aliphatic heterocycles. The third-order valence-electron chi connectivity index (χ3n) is 2.97. The summed E-state index contributed by atoms with van der Waals surface area (Å²) in [5.41, 5.74) is 0. The van der Waals surface area contributed by atoms with E-state index in [1.807, 2.05) is 12.2 Å². The molecule has 2 aliphatic rings. The van der Waals surface area contributed by atoms with Crippen molar-refractivity contribution in [3.05, 3.63) is 12.2 Å². The zero-order valence-electron chi connectivity index (χ0n) is 8.98. The van der Waals surface area contributed by atoms with E-state index in [2.05, 4.69) is 6.92 Å². The highest BCUT2D eigenvalue weighted by Crippen LogP contribution is 2.25. The maximum atomic E-state index is 11.9. The first-order valence-corrected chi connectivity index (χ1v) is 5.53. The van der Waals surface area contributed by atoms with Crippen LogP contribution in [-0.4, -0.2) is 34.9 Å². The Morgan fingerprint density at radius 3 is 2.20 bits per heavy atom. The highest BCUT2D eigenvalue weighted by Gasteiger charge is 2.44. The molecule has 0 aromatic carbocycles. The molecular weight excluding hydrogens is 192 g/mol. The minimum atomic E-state index is -0.412. The minimum Gasteiger partial charge on any atom is -0.272 e. The van der Waals surface area contributed by atoms with Gasteiger partial charge in [0.2, 0.25) is 0 Å². The molecular formula is C11H16N2O2. The summed E-state index contributed by atoms with van der Waals surface area (Å²) >= 11 is 0. The van der Waals surface area contributed by atoms with Gasteiger partial charge in [0.1, 0.15) is 5.92 Å². The first-order chi connectivity index (χ1) is 7.25. The largest absolute Gasteiger partial charge is 0.272 e. The average Bonchev–Trinajstić information content (AvgIpc) is 2.51. The van der Waals surface area contributed by atoms with E-state index in [-0.39, 0.29) is 11.8 Å². The normalized spacial score (nSPS) is 21.4. The standard InChI is InChI=1S/C11H16N2O2/c1-2-3-6-9-10(14)12-7-4-5-8-13(12)11(9)15/h4-5,9H,2-3,6-8H2,1H3. The van der Waals surface area contributed by atoms with Gasteiger partial charge in [0, 0.05) is 0 Å². The number of fused-ring (bicyclic) bond motifs is 1. The SMILES string of the molecule is CCCCC1C(=O)N2CC=CCN2C1=O. The molecule has 2 rings (SSSR count). The number of unbranched alkanes of at least 4 members (excludes halogenated alkanes) is 1. The van der Waals surface area contributed by atoms with Gasteiger partial charge in [0.05, 0.1) is 13.1 Å². The van der Waals surface area contributed by atoms with E-state index in [0.717, 1.165) is 12.8 Å². The minimum absolute atomic E-state index is 0.0159. The van der Waals surface area contributed by atoms with Crippen LogP contribution in [-0.2, 0) is 9.59 Å². The van der Waals surface area contributed by atoms with E-state index in [1.165, 1.54) is 0 Å². The van der Waals surface area contributed by atoms with Crippen molar-refractivity contribution < 1.29 is 9.59 Å². The molecule has 1 saturated heterocycles. The van der Waals surface area contributed by atoms with Gasteiger partial charge in [-0.1, -0.05) is 31.9 Å². The van der Waals surface area contributed by atoms with Gasteiger partial charge in [-0.15, -0.1) is 0 Å². The lowest BCUT2D eigenvalue weighted by Crippen LogP contribution is -2.43. The Morgan fingerprint density at radius 1 is 1.20 bits per heavy atom. The summed E-state index contributed by atoms with van der Waals surface area (Å²) in [7, 11) is 0. The van der Waals surface area contributed by atoms with Crippen LogP contribution < -0.4 is 0 Å². The number of carbonyl (C=O) groups is 2. The molecule has 0 aromatic heterocycles. The fraction of sp³-hybridized carbons (Fsp3) is 0.636. The van der Waals surface area contributed by atoms with Crippen molar-refractivity contribution in [1.29, 1.82) is 0 Å². The van der Waals surface area contributed by atoms with E-state index >= 15 is 0 Å². The predicted molar refractivity (Wildman–Crippen MR) is 55.6 cm³/mol. The van der Waals surface area contributed by atoms with Crippen LogP contribution in [0.5, 0.6) is 0 Å². The molecule has 0 atom stereocenters. The van der Waals surface area contributed by atoms with E-state index in [0.29, 0.717) is 19.5 Å². The van der Waals surface area contributed by atoms with Crippen molar-refractivity contribution in [3.8, 4) is 0 Å². The maximum absolute atomic E-state index is 11.9. The monoisotopic (exact) mass is 208 g/mol. The second kappa shape index (κ2) is 4.04. The zero-order valence-corrected chi connectivity index (χ0v) is 8.98. The number of nitrogens with zero attached hydrogens (tertiary/aromatic N) is 2. The molecule has 15 heavy (non-hydrogen) atoms. The lowest BCUT2D eigenvalue weighted by Gasteiger charge is -2.28. The average molecular weight is 208 g/mol. The van der Waals surface area contributed by atoms with Gasteiger partial charge in [-0.05, 0) is 6.42 Å². The zero-order chi connectivity index (χ0) is 10.8. The fourth-order valence-corrected chi connectivity index (χ4v) is 2.08. The van der Waals surface area contributed by atoms with Gasteiger partial charge in [0.15, 0.2) is 0 Å².